The van der Waals surface area contributed by atoms with Crippen molar-refractivity contribution in [2.75, 3.05) is 7.11 Å². The molecular weight excluding hydrogens is 270 g/mol. The predicted octanol–water partition coefficient (Wildman–Crippen LogP) is 2.68. The molecule has 5 nitrogen and oxygen atoms in total. The van der Waals surface area contributed by atoms with Crippen LogP contribution in [0.5, 0.6) is 5.75 Å². The van der Waals surface area contributed by atoms with Gasteiger partial charge in [0.25, 0.3) is 0 Å². The van der Waals surface area contributed by atoms with Crippen molar-refractivity contribution >= 4 is 17.5 Å². The van der Waals surface area contributed by atoms with Crippen LogP contribution in [0.4, 0.5) is 0 Å². The summed E-state index contributed by atoms with van der Waals surface area (Å²) in [7, 11) is 1.48. The number of hydrogen-bond donors (Lipinski definition) is 0. The molecule has 0 bridgehead atoms. The molecule has 1 aliphatic rings. The van der Waals surface area contributed by atoms with Crippen molar-refractivity contribution in [1.29, 1.82) is 0 Å². The lowest BCUT2D eigenvalue weighted by Gasteiger charge is -2.09. The van der Waals surface area contributed by atoms with E-state index in [9.17, 15) is 9.59 Å². The zero-order valence-electron chi connectivity index (χ0n) is 12.0. The summed E-state index contributed by atoms with van der Waals surface area (Å²) in [6.45, 7) is 3.42. The Labute approximate surface area is 122 Å². The van der Waals surface area contributed by atoms with Gasteiger partial charge in [-0.2, -0.15) is 0 Å². The molecule has 0 radical (unpaired) electrons. The number of rotatable bonds is 3. The van der Waals surface area contributed by atoms with E-state index >= 15 is 0 Å². The van der Waals surface area contributed by atoms with Gasteiger partial charge in [0.1, 0.15) is 17.0 Å². The number of methoxy groups -OCH3 is 1. The van der Waals surface area contributed by atoms with Crippen LogP contribution in [0.3, 0.4) is 0 Å². The minimum Gasteiger partial charge on any atom is -0.496 e. The maximum atomic E-state index is 12.0. The number of para-hydroxylation sites is 1. The second-order valence-electron chi connectivity index (χ2n) is 4.57. The largest absolute Gasteiger partial charge is 0.496 e. The molecule has 0 saturated heterocycles. The maximum Gasteiger partial charge on any atom is 0.369 e. The minimum atomic E-state index is -0.615. The molecule has 108 valence electrons. The number of hydrogen-bond acceptors (Lipinski definition) is 5. The van der Waals surface area contributed by atoms with Crippen molar-refractivity contribution in [2.45, 2.75) is 13.8 Å². The van der Waals surface area contributed by atoms with E-state index in [0.29, 0.717) is 28.2 Å². The number of carbonyl (C=O) groups is 2. The third kappa shape index (κ3) is 3.25. The van der Waals surface area contributed by atoms with Crippen molar-refractivity contribution in [3.05, 3.63) is 53.1 Å². The van der Waals surface area contributed by atoms with Crippen LogP contribution in [-0.2, 0) is 9.63 Å². The highest BCUT2D eigenvalue weighted by atomic mass is 16.7. The Kier molecular flexibility index (Phi) is 4.33. The molecule has 5 heteroatoms. The van der Waals surface area contributed by atoms with E-state index in [2.05, 4.69) is 5.16 Å². The quantitative estimate of drug-likeness (QED) is 0.486. The first-order valence-corrected chi connectivity index (χ1v) is 6.36. The SMILES string of the molecule is COc1ccccc1C(=O)O/N=C1\C=C(C)C(=O)C=C1C. The summed E-state index contributed by atoms with van der Waals surface area (Å²) in [5, 5.41) is 3.82. The topological polar surface area (TPSA) is 65.0 Å². The Morgan fingerprint density at radius 3 is 2.52 bits per heavy atom. The third-order valence-electron chi connectivity index (χ3n) is 3.05. The second kappa shape index (κ2) is 6.17. The van der Waals surface area contributed by atoms with Gasteiger partial charge in [0.15, 0.2) is 5.78 Å². The summed E-state index contributed by atoms with van der Waals surface area (Å²) >= 11 is 0. The lowest BCUT2D eigenvalue weighted by Crippen LogP contribution is -2.12. The van der Waals surface area contributed by atoms with Crippen molar-refractivity contribution in [2.24, 2.45) is 5.16 Å². The lowest BCUT2D eigenvalue weighted by atomic mass is 9.99. The van der Waals surface area contributed by atoms with Crippen molar-refractivity contribution in [1.82, 2.24) is 0 Å². The van der Waals surface area contributed by atoms with Crippen LogP contribution in [0.1, 0.15) is 24.2 Å². The van der Waals surface area contributed by atoms with Crippen LogP contribution < -0.4 is 4.74 Å². The number of nitrogens with zero attached hydrogens (tertiary/aromatic N) is 1. The highest BCUT2D eigenvalue weighted by Gasteiger charge is 2.16. The highest BCUT2D eigenvalue weighted by Crippen LogP contribution is 2.19. The van der Waals surface area contributed by atoms with Gasteiger partial charge in [-0.1, -0.05) is 17.3 Å². The smallest absolute Gasteiger partial charge is 0.369 e. The van der Waals surface area contributed by atoms with Crippen LogP contribution in [0, 0.1) is 0 Å². The summed E-state index contributed by atoms with van der Waals surface area (Å²) in [5.74, 6) is -0.265. The van der Waals surface area contributed by atoms with Gasteiger partial charge in [-0.25, -0.2) is 4.79 Å². The van der Waals surface area contributed by atoms with Crippen molar-refractivity contribution in [3.63, 3.8) is 0 Å². The highest BCUT2D eigenvalue weighted by molar-refractivity contribution is 6.21. The van der Waals surface area contributed by atoms with Crippen LogP contribution in [0.2, 0.25) is 0 Å². The number of benzene rings is 1. The zero-order chi connectivity index (χ0) is 15.4. The van der Waals surface area contributed by atoms with Crippen molar-refractivity contribution < 1.29 is 19.2 Å². The molecule has 0 unspecified atom stereocenters. The summed E-state index contributed by atoms with van der Waals surface area (Å²) < 4.78 is 5.09. The molecule has 1 aliphatic carbocycles. The first kappa shape index (κ1) is 14.7. The van der Waals surface area contributed by atoms with E-state index in [1.54, 1.807) is 44.2 Å². The molecule has 0 atom stereocenters. The minimum absolute atomic E-state index is 0.0671. The Morgan fingerprint density at radius 2 is 1.81 bits per heavy atom. The van der Waals surface area contributed by atoms with Gasteiger partial charge in [-0.3, -0.25) is 4.79 Å². The normalized spacial score (nSPS) is 16.3. The molecule has 0 aromatic heterocycles. The fourth-order valence-electron chi connectivity index (χ4n) is 1.83. The van der Waals surface area contributed by atoms with Gasteiger partial charge < -0.3 is 9.57 Å². The van der Waals surface area contributed by atoms with Gasteiger partial charge in [0.2, 0.25) is 0 Å². The van der Waals surface area contributed by atoms with Crippen LogP contribution in [0.15, 0.2) is 52.7 Å². The van der Waals surface area contributed by atoms with Gasteiger partial charge in [-0.05, 0) is 49.3 Å². The van der Waals surface area contributed by atoms with Crippen LogP contribution in [0.25, 0.3) is 0 Å². The van der Waals surface area contributed by atoms with E-state index < -0.39 is 5.97 Å². The van der Waals surface area contributed by atoms with E-state index in [1.165, 1.54) is 13.2 Å². The monoisotopic (exact) mass is 285 g/mol. The predicted molar refractivity (Wildman–Crippen MR) is 78.4 cm³/mol. The zero-order valence-corrected chi connectivity index (χ0v) is 12.0. The Hall–Kier alpha value is -2.69. The first-order valence-electron chi connectivity index (χ1n) is 6.36. The van der Waals surface area contributed by atoms with Gasteiger partial charge >= 0.3 is 5.97 Å². The number of allylic oxidation sites excluding steroid dienone is 4. The van der Waals surface area contributed by atoms with Crippen molar-refractivity contribution in [3.8, 4) is 5.75 Å². The molecular formula is C16H15NO4. The van der Waals surface area contributed by atoms with Crippen LogP contribution in [-0.4, -0.2) is 24.6 Å². The number of ether oxygens (including phenoxy) is 1. The fraction of sp³-hybridized carbons (Fsp3) is 0.188. The Morgan fingerprint density at radius 1 is 1.10 bits per heavy atom. The molecule has 0 heterocycles. The number of carbonyl (C=O) groups excluding carboxylic acids is 2. The number of oxime groups is 1. The summed E-state index contributed by atoms with van der Waals surface area (Å²) in [4.78, 5) is 28.4. The summed E-state index contributed by atoms with van der Waals surface area (Å²) in [6.07, 6.45) is 3.05. The van der Waals surface area contributed by atoms with E-state index in [4.69, 9.17) is 9.57 Å². The average Bonchev–Trinajstić information content (AvgIpc) is 2.49. The standard InChI is InChI=1S/C16H15NO4/c1-10-9-14(18)11(2)8-13(10)17-21-16(19)12-6-4-5-7-15(12)20-3/h4-9H,1-3H3/b17-13+. The van der Waals surface area contributed by atoms with Gasteiger partial charge in [0, 0.05) is 0 Å². The molecule has 0 N–H and O–H groups in total. The molecule has 0 amide bonds. The third-order valence-corrected chi connectivity index (χ3v) is 3.05. The van der Waals surface area contributed by atoms with Gasteiger partial charge in [0.05, 0.1) is 7.11 Å². The molecule has 0 aliphatic heterocycles. The average molecular weight is 285 g/mol. The molecule has 0 saturated carbocycles. The molecule has 0 fully saturated rings. The molecule has 1 aromatic rings. The molecule has 1 aromatic carbocycles. The molecule has 21 heavy (non-hydrogen) atoms. The molecule has 2 rings (SSSR count). The first-order chi connectivity index (χ1) is 10.0. The van der Waals surface area contributed by atoms with E-state index in [0.717, 1.165) is 0 Å². The fourth-order valence-corrected chi connectivity index (χ4v) is 1.83. The lowest BCUT2D eigenvalue weighted by molar-refractivity contribution is -0.111. The Bertz CT molecular complexity index is 683. The van der Waals surface area contributed by atoms with Crippen LogP contribution >= 0.6 is 0 Å². The summed E-state index contributed by atoms with van der Waals surface area (Å²) in [5.41, 5.74) is 1.94. The Balaban J connectivity index is 2.19. The van der Waals surface area contributed by atoms with Gasteiger partial charge in [-0.15, -0.1) is 0 Å². The molecule has 0 spiro atoms. The van der Waals surface area contributed by atoms with E-state index in [1.807, 2.05) is 0 Å². The van der Waals surface area contributed by atoms with E-state index in [-0.39, 0.29) is 5.78 Å². The number of ketones is 1. The second-order valence-corrected chi connectivity index (χ2v) is 4.57. The maximum absolute atomic E-state index is 12.0. The summed E-state index contributed by atoms with van der Waals surface area (Å²) in [6, 6.07) is 6.72.